The van der Waals surface area contributed by atoms with Crippen LogP contribution in [0.4, 0.5) is 0 Å². The molecule has 158 valence electrons. The zero-order valence-electron chi connectivity index (χ0n) is 17.5. The fourth-order valence-corrected chi connectivity index (χ4v) is 5.61. The minimum Gasteiger partial charge on any atom is -0.506 e. The summed E-state index contributed by atoms with van der Waals surface area (Å²) in [6.45, 7) is 9.28. The van der Waals surface area contributed by atoms with E-state index in [4.69, 9.17) is 23.7 Å². The molecule has 4 heterocycles. The molecule has 0 amide bonds. The van der Waals surface area contributed by atoms with Gasteiger partial charge < -0.3 is 28.8 Å². The van der Waals surface area contributed by atoms with Gasteiger partial charge in [-0.3, -0.25) is 0 Å². The minimum atomic E-state index is -0.852. The number of phenols is 1. The Morgan fingerprint density at radius 1 is 0.966 bits per heavy atom. The number of hydrogen-bond donors (Lipinski definition) is 1. The Labute approximate surface area is 170 Å². The van der Waals surface area contributed by atoms with Gasteiger partial charge in [-0.1, -0.05) is 13.8 Å². The van der Waals surface area contributed by atoms with Crippen molar-refractivity contribution in [2.24, 2.45) is 23.7 Å². The van der Waals surface area contributed by atoms with Gasteiger partial charge in [0.2, 0.25) is 11.6 Å². The van der Waals surface area contributed by atoms with Crippen LogP contribution < -0.4 is 9.47 Å². The third-order valence-electron chi connectivity index (χ3n) is 7.41. The van der Waals surface area contributed by atoms with Crippen molar-refractivity contribution in [2.75, 3.05) is 20.3 Å². The molecule has 29 heavy (non-hydrogen) atoms. The minimum absolute atomic E-state index is 0.0582. The van der Waals surface area contributed by atoms with Crippen LogP contribution in [-0.2, 0) is 27.1 Å². The van der Waals surface area contributed by atoms with Crippen molar-refractivity contribution >= 4 is 5.97 Å². The van der Waals surface area contributed by atoms with E-state index in [9.17, 15) is 9.90 Å². The number of fused-ring (bicyclic) bond motifs is 5. The molecule has 7 heteroatoms. The van der Waals surface area contributed by atoms with Crippen molar-refractivity contribution in [1.29, 1.82) is 0 Å². The summed E-state index contributed by atoms with van der Waals surface area (Å²) in [6.07, 6.45) is 1.21. The maximum absolute atomic E-state index is 12.6. The van der Waals surface area contributed by atoms with Crippen molar-refractivity contribution in [3.63, 3.8) is 0 Å². The van der Waals surface area contributed by atoms with E-state index in [1.54, 1.807) is 0 Å². The molecule has 1 aromatic rings. The van der Waals surface area contributed by atoms with E-state index in [1.807, 2.05) is 13.8 Å². The van der Waals surface area contributed by atoms with Gasteiger partial charge in [0.25, 0.3) is 0 Å². The lowest BCUT2D eigenvalue weighted by molar-refractivity contribution is -0.174. The lowest BCUT2D eigenvalue weighted by Crippen LogP contribution is -2.47. The Balaban J connectivity index is 1.72. The zero-order valence-corrected chi connectivity index (χ0v) is 17.5. The maximum Gasteiger partial charge on any atom is 0.345 e. The second-order valence-corrected chi connectivity index (χ2v) is 9.26. The summed E-state index contributed by atoms with van der Waals surface area (Å²) >= 11 is 0. The average Bonchev–Trinajstić information content (AvgIpc) is 3.14. The van der Waals surface area contributed by atoms with Gasteiger partial charge in [-0.25, -0.2) is 4.79 Å². The second kappa shape index (κ2) is 6.01. The first-order chi connectivity index (χ1) is 13.7. The molecule has 4 aliphatic heterocycles. The van der Waals surface area contributed by atoms with Crippen LogP contribution in [0.15, 0.2) is 0 Å². The lowest BCUT2D eigenvalue weighted by atomic mass is 9.77. The summed E-state index contributed by atoms with van der Waals surface area (Å²) in [5, 5.41) is 11.1. The van der Waals surface area contributed by atoms with Gasteiger partial charge in [0.15, 0.2) is 0 Å². The van der Waals surface area contributed by atoms with Crippen LogP contribution in [0.3, 0.4) is 0 Å². The van der Waals surface area contributed by atoms with Gasteiger partial charge in [-0.05, 0) is 24.7 Å². The second-order valence-electron chi connectivity index (χ2n) is 9.26. The molecule has 0 aromatic heterocycles. The van der Waals surface area contributed by atoms with Crippen LogP contribution in [-0.4, -0.2) is 43.0 Å². The van der Waals surface area contributed by atoms with Crippen LogP contribution in [0.2, 0.25) is 0 Å². The van der Waals surface area contributed by atoms with Crippen molar-refractivity contribution in [2.45, 2.75) is 52.1 Å². The predicted molar refractivity (Wildman–Crippen MR) is 102 cm³/mol. The topological polar surface area (TPSA) is 83.5 Å². The van der Waals surface area contributed by atoms with Gasteiger partial charge in [-0.2, -0.15) is 0 Å². The third-order valence-corrected chi connectivity index (χ3v) is 7.41. The predicted octanol–water partition coefficient (Wildman–Crippen LogP) is 3.05. The zero-order chi connectivity index (χ0) is 20.7. The van der Waals surface area contributed by atoms with E-state index in [-0.39, 0.29) is 29.1 Å². The molecule has 1 aromatic carbocycles. The standard InChI is InChI=1S/C22H28O7/c1-10-8-26-21(3)14(10)6-12-17(23)16(20(24)25-5)19-13(18(12)28-21)7-15-11(2)9-27-22(15,4)29-19/h10-11,14-15,23H,6-9H2,1-5H3/t10-,11-,14+,15+,21+,22+/m0/s1. The summed E-state index contributed by atoms with van der Waals surface area (Å²) in [5.41, 5.74) is 1.49. The molecule has 2 saturated heterocycles. The summed E-state index contributed by atoms with van der Waals surface area (Å²) < 4.78 is 29.6. The number of rotatable bonds is 1. The van der Waals surface area contributed by atoms with Gasteiger partial charge in [0, 0.05) is 36.8 Å². The van der Waals surface area contributed by atoms with E-state index in [2.05, 4.69) is 13.8 Å². The highest BCUT2D eigenvalue weighted by Crippen LogP contribution is 2.57. The van der Waals surface area contributed by atoms with E-state index in [0.717, 1.165) is 5.56 Å². The van der Waals surface area contributed by atoms with Crippen LogP contribution in [0, 0.1) is 23.7 Å². The van der Waals surface area contributed by atoms with E-state index in [1.165, 1.54) is 7.11 Å². The number of ether oxygens (including phenoxy) is 5. The van der Waals surface area contributed by atoms with Crippen molar-refractivity contribution < 1.29 is 33.6 Å². The molecule has 0 saturated carbocycles. The number of phenolic OH excluding ortho intramolecular Hbond substituents is 1. The number of carbonyl (C=O) groups excluding carboxylic acids is 1. The average molecular weight is 404 g/mol. The summed E-state index contributed by atoms with van der Waals surface area (Å²) in [7, 11) is 1.30. The van der Waals surface area contributed by atoms with Gasteiger partial charge in [0.05, 0.1) is 20.3 Å². The molecular formula is C22H28O7. The van der Waals surface area contributed by atoms with E-state index in [0.29, 0.717) is 49.0 Å². The fraction of sp³-hybridized carbons (Fsp3) is 0.682. The first-order valence-corrected chi connectivity index (χ1v) is 10.3. The number of esters is 1. The smallest absolute Gasteiger partial charge is 0.345 e. The van der Waals surface area contributed by atoms with Crippen LogP contribution in [0.25, 0.3) is 0 Å². The molecular weight excluding hydrogens is 376 g/mol. The van der Waals surface area contributed by atoms with Gasteiger partial charge in [-0.15, -0.1) is 0 Å². The molecule has 0 unspecified atom stereocenters. The maximum atomic E-state index is 12.6. The Hall–Kier alpha value is -1.99. The van der Waals surface area contributed by atoms with Crippen LogP contribution >= 0.6 is 0 Å². The fourth-order valence-electron chi connectivity index (χ4n) is 5.61. The highest BCUT2D eigenvalue weighted by atomic mass is 16.7. The largest absolute Gasteiger partial charge is 0.506 e. The van der Waals surface area contributed by atoms with Crippen molar-refractivity contribution in [3.8, 4) is 17.2 Å². The molecule has 6 atom stereocenters. The van der Waals surface area contributed by atoms with Crippen LogP contribution in [0.1, 0.15) is 49.2 Å². The van der Waals surface area contributed by atoms with E-state index >= 15 is 0 Å². The highest BCUT2D eigenvalue weighted by molar-refractivity contribution is 5.97. The van der Waals surface area contributed by atoms with Gasteiger partial charge in [0.1, 0.15) is 22.8 Å². The van der Waals surface area contributed by atoms with Crippen LogP contribution in [0.5, 0.6) is 17.2 Å². The monoisotopic (exact) mass is 404 g/mol. The van der Waals surface area contributed by atoms with Crippen molar-refractivity contribution in [3.05, 3.63) is 16.7 Å². The molecule has 0 spiro atoms. The Morgan fingerprint density at radius 2 is 1.48 bits per heavy atom. The Bertz CT molecular complexity index is 896. The molecule has 1 N–H and O–H groups in total. The molecule has 2 fully saturated rings. The molecule has 7 nitrogen and oxygen atoms in total. The first kappa shape index (κ1) is 19.0. The van der Waals surface area contributed by atoms with Gasteiger partial charge >= 0.3 is 5.97 Å². The van der Waals surface area contributed by atoms with Crippen molar-refractivity contribution in [1.82, 2.24) is 0 Å². The molecule has 4 aliphatic rings. The number of hydrogen-bond acceptors (Lipinski definition) is 7. The highest BCUT2D eigenvalue weighted by Gasteiger charge is 2.55. The normalized spacial score (nSPS) is 39.5. The summed E-state index contributed by atoms with van der Waals surface area (Å²) in [4.78, 5) is 12.6. The summed E-state index contributed by atoms with van der Waals surface area (Å²) in [5.74, 6) is -0.680. The quantitative estimate of drug-likeness (QED) is 0.720. The number of methoxy groups -OCH3 is 1. The molecule has 0 radical (unpaired) electrons. The Kier molecular flexibility index (Phi) is 3.94. The summed E-state index contributed by atoms with van der Waals surface area (Å²) in [6, 6.07) is 0. The number of carbonyl (C=O) groups is 1. The van der Waals surface area contributed by atoms with E-state index < -0.39 is 17.5 Å². The molecule has 0 aliphatic carbocycles. The first-order valence-electron chi connectivity index (χ1n) is 10.3. The SMILES string of the molecule is COC(=O)c1c(O)c2c(c3c1O[C@@]1(C)OC[C@H](C)[C@H]1C3)O[C@@]1(C)OC[C@H](C)[C@H]1C2. The third kappa shape index (κ3) is 2.46. The Morgan fingerprint density at radius 3 is 2.03 bits per heavy atom. The number of benzene rings is 1. The molecule has 0 bridgehead atoms. The lowest BCUT2D eigenvalue weighted by Gasteiger charge is -2.43. The molecule has 5 rings (SSSR count). The number of aromatic hydroxyl groups is 1.